The first-order chi connectivity index (χ1) is 7.02. The first-order valence-electron chi connectivity index (χ1n) is 4.37. The molecule has 0 saturated heterocycles. The van der Waals surface area contributed by atoms with Gasteiger partial charge in [-0.1, -0.05) is 11.6 Å². The van der Waals surface area contributed by atoms with Crippen molar-refractivity contribution >= 4 is 28.5 Å². The Bertz CT molecular complexity index is 560. The van der Waals surface area contributed by atoms with E-state index in [0.717, 1.165) is 11.1 Å². The average molecular weight is 225 g/mol. The van der Waals surface area contributed by atoms with E-state index in [2.05, 4.69) is 5.10 Å². The summed E-state index contributed by atoms with van der Waals surface area (Å²) in [7, 11) is 1.74. The zero-order valence-corrected chi connectivity index (χ0v) is 9.04. The molecule has 15 heavy (non-hydrogen) atoms. The van der Waals surface area contributed by atoms with Crippen LogP contribution in [0.4, 0.5) is 0 Å². The maximum absolute atomic E-state index is 10.9. The molecule has 1 aromatic carbocycles. The largest absolute Gasteiger partial charge is 0.478 e. The summed E-state index contributed by atoms with van der Waals surface area (Å²) in [6.45, 7) is 1.86. The van der Waals surface area contributed by atoms with E-state index in [9.17, 15) is 4.79 Å². The van der Waals surface area contributed by atoms with Gasteiger partial charge in [0, 0.05) is 12.4 Å². The third-order valence-electron chi connectivity index (χ3n) is 2.36. The fraction of sp³-hybridized carbons (Fsp3) is 0.200. The predicted molar refractivity (Wildman–Crippen MR) is 57.4 cm³/mol. The highest BCUT2D eigenvalue weighted by Crippen LogP contribution is 2.28. The molecule has 0 aliphatic rings. The number of benzene rings is 1. The Labute approximate surface area is 91.1 Å². The summed E-state index contributed by atoms with van der Waals surface area (Å²) in [6, 6.07) is 3.23. The van der Waals surface area contributed by atoms with E-state index in [1.54, 1.807) is 17.8 Å². The van der Waals surface area contributed by atoms with Crippen molar-refractivity contribution in [3.05, 3.63) is 28.4 Å². The Balaban J connectivity index is 2.89. The number of nitrogens with zero attached hydrogens (tertiary/aromatic N) is 2. The summed E-state index contributed by atoms with van der Waals surface area (Å²) in [5.74, 6) is -1.03. The van der Waals surface area contributed by atoms with Crippen molar-refractivity contribution in [2.45, 2.75) is 6.92 Å². The summed E-state index contributed by atoms with van der Waals surface area (Å²) in [5.41, 5.74) is 1.60. The van der Waals surface area contributed by atoms with E-state index in [-0.39, 0.29) is 10.6 Å². The van der Waals surface area contributed by atoms with Crippen LogP contribution in [-0.2, 0) is 7.05 Å². The van der Waals surface area contributed by atoms with Gasteiger partial charge in [-0.3, -0.25) is 4.68 Å². The number of halogens is 1. The normalized spacial score (nSPS) is 10.9. The molecular formula is C10H9ClN2O2. The molecule has 0 atom stereocenters. The summed E-state index contributed by atoms with van der Waals surface area (Å²) in [6.07, 6.45) is 0. The zero-order valence-electron chi connectivity index (χ0n) is 8.28. The lowest BCUT2D eigenvalue weighted by Crippen LogP contribution is -1.99. The Kier molecular flexibility index (Phi) is 2.16. The molecule has 1 heterocycles. The number of rotatable bonds is 1. The Morgan fingerprint density at radius 3 is 2.80 bits per heavy atom. The van der Waals surface area contributed by atoms with Crippen LogP contribution < -0.4 is 0 Å². The first kappa shape index (κ1) is 9.98. The Hall–Kier alpha value is -1.55. The quantitative estimate of drug-likeness (QED) is 0.808. The standard InChI is InChI=1S/C10H9ClN2O2/c1-5-6-3-4-7(10(14)15)8(11)9(6)13(2)12-5/h3-4H,1-2H3,(H,14,15). The third-order valence-corrected chi connectivity index (χ3v) is 2.74. The minimum absolute atomic E-state index is 0.104. The van der Waals surface area contributed by atoms with E-state index in [4.69, 9.17) is 16.7 Å². The number of fused-ring (bicyclic) bond motifs is 1. The first-order valence-corrected chi connectivity index (χ1v) is 4.75. The van der Waals surface area contributed by atoms with Gasteiger partial charge >= 0.3 is 5.97 Å². The molecule has 2 rings (SSSR count). The number of aromatic nitrogens is 2. The monoisotopic (exact) mass is 224 g/mol. The van der Waals surface area contributed by atoms with Crippen molar-refractivity contribution in [1.82, 2.24) is 9.78 Å². The van der Waals surface area contributed by atoms with Crippen LogP contribution in [0.2, 0.25) is 5.02 Å². The van der Waals surface area contributed by atoms with Gasteiger partial charge in [0.15, 0.2) is 0 Å². The topological polar surface area (TPSA) is 55.1 Å². The number of aromatic carboxylic acids is 1. The van der Waals surface area contributed by atoms with Gasteiger partial charge in [-0.2, -0.15) is 5.10 Å². The summed E-state index contributed by atoms with van der Waals surface area (Å²) >= 11 is 6.01. The molecule has 78 valence electrons. The molecule has 0 bridgehead atoms. The number of carboxylic acid groups (broad SMARTS) is 1. The highest BCUT2D eigenvalue weighted by Gasteiger charge is 2.15. The number of hydrogen-bond acceptors (Lipinski definition) is 2. The van der Waals surface area contributed by atoms with Gasteiger partial charge in [0.1, 0.15) is 0 Å². The van der Waals surface area contributed by atoms with Crippen LogP contribution in [-0.4, -0.2) is 20.9 Å². The van der Waals surface area contributed by atoms with Crippen LogP contribution in [0.15, 0.2) is 12.1 Å². The molecule has 4 nitrogen and oxygen atoms in total. The average Bonchev–Trinajstić information content (AvgIpc) is 2.43. The van der Waals surface area contributed by atoms with Crippen LogP contribution >= 0.6 is 11.6 Å². The summed E-state index contributed by atoms with van der Waals surface area (Å²) in [5, 5.41) is 14.2. The number of aryl methyl sites for hydroxylation is 2. The molecule has 0 saturated carbocycles. The van der Waals surface area contributed by atoms with Crippen molar-refractivity contribution in [2.24, 2.45) is 7.05 Å². The minimum atomic E-state index is -1.03. The lowest BCUT2D eigenvalue weighted by molar-refractivity contribution is 0.0697. The third kappa shape index (κ3) is 1.37. The van der Waals surface area contributed by atoms with E-state index in [1.165, 1.54) is 6.07 Å². The van der Waals surface area contributed by atoms with Gasteiger partial charge in [-0.15, -0.1) is 0 Å². The van der Waals surface area contributed by atoms with Crippen LogP contribution in [0.1, 0.15) is 16.1 Å². The molecule has 0 fully saturated rings. The maximum atomic E-state index is 10.9. The van der Waals surface area contributed by atoms with E-state index in [0.29, 0.717) is 5.52 Å². The summed E-state index contributed by atoms with van der Waals surface area (Å²) < 4.78 is 1.60. The van der Waals surface area contributed by atoms with Crippen LogP contribution in [0.3, 0.4) is 0 Å². The molecule has 5 heteroatoms. The minimum Gasteiger partial charge on any atom is -0.478 e. The SMILES string of the molecule is Cc1nn(C)c2c(Cl)c(C(=O)O)ccc12. The molecule has 0 aliphatic carbocycles. The van der Waals surface area contributed by atoms with Gasteiger partial charge < -0.3 is 5.11 Å². The van der Waals surface area contributed by atoms with Gasteiger partial charge in [-0.05, 0) is 19.1 Å². The van der Waals surface area contributed by atoms with E-state index >= 15 is 0 Å². The van der Waals surface area contributed by atoms with Crippen molar-refractivity contribution in [2.75, 3.05) is 0 Å². The van der Waals surface area contributed by atoms with Crippen LogP contribution in [0.5, 0.6) is 0 Å². The number of hydrogen-bond donors (Lipinski definition) is 1. The molecule has 0 amide bonds. The molecule has 1 N–H and O–H groups in total. The van der Waals surface area contributed by atoms with Crippen LogP contribution in [0.25, 0.3) is 10.9 Å². The molecule has 0 unspecified atom stereocenters. The highest BCUT2D eigenvalue weighted by atomic mass is 35.5. The van der Waals surface area contributed by atoms with Crippen LogP contribution in [0, 0.1) is 6.92 Å². The Morgan fingerprint density at radius 1 is 1.53 bits per heavy atom. The van der Waals surface area contributed by atoms with Crippen molar-refractivity contribution in [3.63, 3.8) is 0 Å². The fourth-order valence-corrected chi connectivity index (χ4v) is 2.03. The zero-order chi connectivity index (χ0) is 11.2. The molecule has 0 aliphatic heterocycles. The number of carboxylic acids is 1. The second-order valence-corrected chi connectivity index (χ2v) is 3.72. The summed E-state index contributed by atoms with van der Waals surface area (Å²) in [4.78, 5) is 10.9. The van der Waals surface area contributed by atoms with E-state index < -0.39 is 5.97 Å². The predicted octanol–water partition coefficient (Wildman–Crippen LogP) is 2.23. The second-order valence-electron chi connectivity index (χ2n) is 3.34. The van der Waals surface area contributed by atoms with E-state index in [1.807, 2.05) is 6.92 Å². The lowest BCUT2D eigenvalue weighted by atomic mass is 10.1. The molecule has 0 radical (unpaired) electrons. The van der Waals surface area contributed by atoms with Crippen molar-refractivity contribution < 1.29 is 9.90 Å². The van der Waals surface area contributed by atoms with Gasteiger partial charge in [0.2, 0.25) is 0 Å². The fourth-order valence-electron chi connectivity index (χ4n) is 1.67. The Morgan fingerprint density at radius 2 is 2.20 bits per heavy atom. The van der Waals surface area contributed by atoms with Gasteiger partial charge in [-0.25, -0.2) is 4.79 Å². The maximum Gasteiger partial charge on any atom is 0.337 e. The second kappa shape index (κ2) is 3.24. The molecular weight excluding hydrogens is 216 g/mol. The molecule has 2 aromatic rings. The highest BCUT2D eigenvalue weighted by molar-refractivity contribution is 6.38. The van der Waals surface area contributed by atoms with Gasteiger partial charge in [0.05, 0.1) is 21.8 Å². The smallest absolute Gasteiger partial charge is 0.337 e. The number of carbonyl (C=O) groups is 1. The van der Waals surface area contributed by atoms with Crippen molar-refractivity contribution in [1.29, 1.82) is 0 Å². The van der Waals surface area contributed by atoms with Crippen molar-refractivity contribution in [3.8, 4) is 0 Å². The van der Waals surface area contributed by atoms with Gasteiger partial charge in [0.25, 0.3) is 0 Å². The molecule has 1 aromatic heterocycles. The lowest BCUT2D eigenvalue weighted by Gasteiger charge is -2.01. The molecule has 0 spiro atoms.